The molecule has 0 fully saturated rings. The molecule has 0 aromatic rings. The molecule has 0 aromatic carbocycles. The van der Waals surface area contributed by atoms with Crippen LogP contribution in [0, 0.1) is 0 Å². The SMILES string of the molecule is CCCCN1C=C[NH+](CCCC)C1.[Cl-]. The third kappa shape index (κ3) is 4.87. The van der Waals surface area contributed by atoms with Crippen molar-refractivity contribution in [2.24, 2.45) is 0 Å². The van der Waals surface area contributed by atoms with Crippen LogP contribution in [0.2, 0.25) is 0 Å². The zero-order valence-corrected chi connectivity index (χ0v) is 10.2. The predicted molar refractivity (Wildman–Crippen MR) is 56.4 cm³/mol. The second kappa shape index (κ2) is 8.13. The Balaban J connectivity index is 0.00000169. The molecule has 0 aromatic heterocycles. The summed E-state index contributed by atoms with van der Waals surface area (Å²) in [5.41, 5.74) is 0. The summed E-state index contributed by atoms with van der Waals surface area (Å²) < 4.78 is 0. The van der Waals surface area contributed by atoms with Crippen LogP contribution < -0.4 is 17.3 Å². The first-order valence-corrected chi connectivity index (χ1v) is 5.63. The molecule has 2 nitrogen and oxygen atoms in total. The van der Waals surface area contributed by atoms with E-state index in [9.17, 15) is 0 Å². The van der Waals surface area contributed by atoms with E-state index in [0.29, 0.717) is 0 Å². The molecule has 1 N–H and O–H groups in total. The van der Waals surface area contributed by atoms with Crippen molar-refractivity contribution < 1.29 is 17.3 Å². The minimum Gasteiger partial charge on any atom is -1.00 e. The highest BCUT2D eigenvalue weighted by Crippen LogP contribution is 1.96. The molecule has 1 unspecified atom stereocenters. The Bertz CT molecular complexity index is 143. The first-order chi connectivity index (χ1) is 6.36. The molecular weight excluding hydrogens is 196 g/mol. The van der Waals surface area contributed by atoms with Crippen molar-refractivity contribution in [2.45, 2.75) is 39.5 Å². The highest BCUT2D eigenvalue weighted by atomic mass is 35.5. The molecular formula is C11H23ClN2. The third-order valence-corrected chi connectivity index (χ3v) is 2.58. The number of nitrogens with one attached hydrogen (secondary N) is 1. The summed E-state index contributed by atoms with van der Waals surface area (Å²) in [5.74, 6) is 0. The molecule has 1 rings (SSSR count). The van der Waals surface area contributed by atoms with Gasteiger partial charge >= 0.3 is 0 Å². The first kappa shape index (κ1) is 13.8. The van der Waals surface area contributed by atoms with Crippen LogP contribution in [0.4, 0.5) is 0 Å². The Morgan fingerprint density at radius 1 is 1.21 bits per heavy atom. The molecule has 84 valence electrons. The largest absolute Gasteiger partial charge is 1.00 e. The molecule has 0 saturated carbocycles. The van der Waals surface area contributed by atoms with E-state index in [1.165, 1.54) is 45.4 Å². The number of nitrogens with zero attached hydrogens (tertiary/aromatic N) is 1. The van der Waals surface area contributed by atoms with Crippen LogP contribution in [-0.4, -0.2) is 24.7 Å². The quantitative estimate of drug-likeness (QED) is 0.554. The second-order valence-electron chi connectivity index (χ2n) is 3.90. The summed E-state index contributed by atoms with van der Waals surface area (Å²) in [4.78, 5) is 4.06. The highest BCUT2D eigenvalue weighted by molar-refractivity contribution is 4.77. The second-order valence-corrected chi connectivity index (χ2v) is 3.90. The van der Waals surface area contributed by atoms with Crippen molar-refractivity contribution in [2.75, 3.05) is 19.8 Å². The Kier molecular flexibility index (Phi) is 8.01. The third-order valence-electron chi connectivity index (χ3n) is 2.58. The van der Waals surface area contributed by atoms with Crippen LogP contribution in [0.1, 0.15) is 39.5 Å². The summed E-state index contributed by atoms with van der Waals surface area (Å²) in [6.07, 6.45) is 9.86. The average Bonchev–Trinajstić information content (AvgIpc) is 2.59. The summed E-state index contributed by atoms with van der Waals surface area (Å²) in [7, 11) is 0. The van der Waals surface area contributed by atoms with E-state index in [1.807, 2.05) is 0 Å². The van der Waals surface area contributed by atoms with Crippen molar-refractivity contribution >= 4 is 0 Å². The van der Waals surface area contributed by atoms with Gasteiger partial charge in [-0.2, -0.15) is 0 Å². The molecule has 0 spiro atoms. The predicted octanol–water partition coefficient (Wildman–Crippen LogP) is -1.78. The average molecular weight is 219 g/mol. The van der Waals surface area contributed by atoms with E-state index in [4.69, 9.17) is 0 Å². The summed E-state index contributed by atoms with van der Waals surface area (Å²) in [6, 6.07) is 0. The number of hydrogen-bond donors (Lipinski definition) is 1. The van der Waals surface area contributed by atoms with Crippen molar-refractivity contribution in [1.82, 2.24) is 4.90 Å². The molecule has 0 aliphatic carbocycles. The fraction of sp³-hybridized carbons (Fsp3) is 0.818. The molecule has 0 amide bonds. The molecule has 0 saturated heterocycles. The standard InChI is InChI=1S/C11H22N2.ClH/c1-3-5-7-12-9-10-13(11-12)8-6-4-2;/h9-10H,3-8,11H2,1-2H3;1H. The number of unbranched alkanes of at least 4 members (excludes halogenated alkanes) is 2. The highest BCUT2D eigenvalue weighted by Gasteiger charge is 2.14. The molecule has 1 aliphatic rings. The summed E-state index contributed by atoms with van der Waals surface area (Å²) in [6.45, 7) is 8.24. The molecule has 1 heterocycles. The van der Waals surface area contributed by atoms with Gasteiger partial charge in [-0.3, -0.25) is 4.90 Å². The van der Waals surface area contributed by atoms with E-state index >= 15 is 0 Å². The fourth-order valence-corrected chi connectivity index (χ4v) is 1.66. The van der Waals surface area contributed by atoms with Gasteiger partial charge in [0.15, 0.2) is 6.67 Å². The minimum absolute atomic E-state index is 0. The van der Waals surface area contributed by atoms with Gasteiger partial charge < -0.3 is 17.3 Å². The minimum atomic E-state index is 0. The van der Waals surface area contributed by atoms with Gasteiger partial charge in [-0.1, -0.05) is 26.7 Å². The maximum atomic E-state index is 2.44. The maximum absolute atomic E-state index is 2.44. The van der Waals surface area contributed by atoms with Crippen molar-refractivity contribution in [3.8, 4) is 0 Å². The van der Waals surface area contributed by atoms with Crippen molar-refractivity contribution in [3.63, 3.8) is 0 Å². The van der Waals surface area contributed by atoms with Crippen LogP contribution in [0.3, 0.4) is 0 Å². The normalized spacial score (nSPS) is 19.9. The fourth-order valence-electron chi connectivity index (χ4n) is 1.66. The van der Waals surface area contributed by atoms with E-state index < -0.39 is 0 Å². The van der Waals surface area contributed by atoms with E-state index in [2.05, 4.69) is 31.1 Å². The monoisotopic (exact) mass is 218 g/mol. The Morgan fingerprint density at radius 3 is 2.57 bits per heavy atom. The molecule has 0 radical (unpaired) electrons. The summed E-state index contributed by atoms with van der Waals surface area (Å²) >= 11 is 0. The smallest absolute Gasteiger partial charge is 0.156 e. The molecule has 14 heavy (non-hydrogen) atoms. The lowest BCUT2D eigenvalue weighted by molar-refractivity contribution is -0.849. The zero-order valence-electron chi connectivity index (χ0n) is 9.43. The van der Waals surface area contributed by atoms with E-state index in [0.717, 1.165) is 0 Å². The van der Waals surface area contributed by atoms with Gasteiger partial charge in [-0.05, 0) is 12.8 Å². The van der Waals surface area contributed by atoms with E-state index in [1.54, 1.807) is 4.90 Å². The van der Waals surface area contributed by atoms with Crippen LogP contribution >= 0.6 is 0 Å². The zero-order chi connectivity index (χ0) is 9.52. The van der Waals surface area contributed by atoms with Gasteiger partial charge in [0, 0.05) is 6.54 Å². The van der Waals surface area contributed by atoms with Crippen LogP contribution in [0.15, 0.2) is 12.4 Å². The lowest BCUT2D eigenvalue weighted by atomic mass is 10.3. The van der Waals surface area contributed by atoms with Crippen LogP contribution in [-0.2, 0) is 0 Å². The number of hydrogen-bond acceptors (Lipinski definition) is 1. The molecule has 1 aliphatic heterocycles. The molecule has 0 bridgehead atoms. The van der Waals surface area contributed by atoms with Gasteiger partial charge in [0.25, 0.3) is 0 Å². The van der Waals surface area contributed by atoms with Gasteiger partial charge in [0.2, 0.25) is 0 Å². The Labute approximate surface area is 94.4 Å². The maximum Gasteiger partial charge on any atom is 0.156 e. The molecule has 1 atom stereocenters. The lowest BCUT2D eigenvalue weighted by Crippen LogP contribution is -3.07. The summed E-state index contributed by atoms with van der Waals surface area (Å²) in [5, 5.41) is 0. The molecule has 3 heteroatoms. The topological polar surface area (TPSA) is 7.68 Å². The van der Waals surface area contributed by atoms with Crippen molar-refractivity contribution in [3.05, 3.63) is 12.4 Å². The van der Waals surface area contributed by atoms with Gasteiger partial charge in [-0.25, -0.2) is 0 Å². The Hall–Kier alpha value is -0.210. The van der Waals surface area contributed by atoms with Gasteiger partial charge in [0.1, 0.15) is 6.20 Å². The lowest BCUT2D eigenvalue weighted by Gasteiger charge is -2.16. The number of quaternary nitrogens is 1. The van der Waals surface area contributed by atoms with Gasteiger partial charge in [0.05, 0.1) is 12.7 Å². The first-order valence-electron chi connectivity index (χ1n) is 5.63. The van der Waals surface area contributed by atoms with Crippen LogP contribution in [0.25, 0.3) is 0 Å². The van der Waals surface area contributed by atoms with Crippen molar-refractivity contribution in [1.29, 1.82) is 0 Å². The Morgan fingerprint density at radius 2 is 1.93 bits per heavy atom. The van der Waals surface area contributed by atoms with Gasteiger partial charge in [-0.15, -0.1) is 0 Å². The number of halogens is 1. The van der Waals surface area contributed by atoms with Crippen LogP contribution in [0.5, 0.6) is 0 Å². The number of rotatable bonds is 6. The van der Waals surface area contributed by atoms with E-state index in [-0.39, 0.29) is 12.4 Å².